The molecular weight excluding hydrogens is 162 g/mol. The van der Waals surface area contributed by atoms with Crippen molar-refractivity contribution in [2.24, 2.45) is 5.73 Å². The average Bonchev–Trinajstić information content (AvgIpc) is 2.04. The lowest BCUT2D eigenvalue weighted by molar-refractivity contribution is -0.117. The van der Waals surface area contributed by atoms with Gasteiger partial charge in [0.2, 0.25) is 0 Å². The highest BCUT2D eigenvalue weighted by Gasteiger charge is 2.05. The first-order chi connectivity index (χ1) is 6.18. The summed E-state index contributed by atoms with van der Waals surface area (Å²) in [7, 11) is 0. The Hall–Kier alpha value is -1.15. The van der Waals surface area contributed by atoms with E-state index in [1.54, 1.807) is 6.92 Å². The SMILES string of the molecule is CC(=O)C[C@H](N)Cc1ccccc1. The number of benzene rings is 1. The molecule has 13 heavy (non-hydrogen) atoms. The van der Waals surface area contributed by atoms with Crippen molar-refractivity contribution in [1.82, 2.24) is 0 Å². The largest absolute Gasteiger partial charge is 0.327 e. The summed E-state index contributed by atoms with van der Waals surface area (Å²) in [6.07, 6.45) is 1.25. The Balaban J connectivity index is 2.45. The molecule has 0 saturated carbocycles. The summed E-state index contributed by atoms with van der Waals surface area (Å²) in [5.74, 6) is 0.156. The predicted molar refractivity (Wildman–Crippen MR) is 53.4 cm³/mol. The van der Waals surface area contributed by atoms with Crippen LogP contribution in [0.5, 0.6) is 0 Å². The number of rotatable bonds is 4. The van der Waals surface area contributed by atoms with Crippen LogP contribution in [0, 0.1) is 0 Å². The second-order valence-electron chi connectivity index (χ2n) is 3.36. The molecule has 1 rings (SSSR count). The molecule has 0 aliphatic rings. The van der Waals surface area contributed by atoms with Gasteiger partial charge in [0.05, 0.1) is 0 Å². The zero-order chi connectivity index (χ0) is 9.68. The number of carbonyl (C=O) groups excluding carboxylic acids is 1. The minimum Gasteiger partial charge on any atom is -0.327 e. The summed E-state index contributed by atoms with van der Waals surface area (Å²) in [5, 5.41) is 0. The van der Waals surface area contributed by atoms with E-state index in [2.05, 4.69) is 0 Å². The Labute approximate surface area is 78.8 Å². The van der Waals surface area contributed by atoms with Crippen molar-refractivity contribution in [1.29, 1.82) is 0 Å². The average molecular weight is 177 g/mol. The first kappa shape index (κ1) is 9.93. The standard InChI is InChI=1S/C11H15NO/c1-9(13)7-11(12)8-10-5-3-2-4-6-10/h2-6,11H,7-8,12H2,1H3/t11-/m0/s1. The fraction of sp³-hybridized carbons (Fsp3) is 0.364. The van der Waals surface area contributed by atoms with Crippen molar-refractivity contribution < 1.29 is 4.79 Å². The summed E-state index contributed by atoms with van der Waals surface area (Å²) < 4.78 is 0. The second-order valence-corrected chi connectivity index (χ2v) is 3.36. The smallest absolute Gasteiger partial charge is 0.131 e. The van der Waals surface area contributed by atoms with Crippen LogP contribution >= 0.6 is 0 Å². The molecule has 0 fully saturated rings. The van der Waals surface area contributed by atoms with Crippen LogP contribution in [0.1, 0.15) is 18.9 Å². The lowest BCUT2D eigenvalue weighted by Gasteiger charge is -2.08. The van der Waals surface area contributed by atoms with E-state index in [9.17, 15) is 4.79 Å². The molecular formula is C11H15NO. The molecule has 1 atom stereocenters. The molecule has 0 spiro atoms. The molecule has 1 aromatic carbocycles. The van der Waals surface area contributed by atoms with Crippen LogP contribution in [0.4, 0.5) is 0 Å². The van der Waals surface area contributed by atoms with Crippen molar-refractivity contribution in [2.75, 3.05) is 0 Å². The van der Waals surface area contributed by atoms with Gasteiger partial charge in [0.15, 0.2) is 0 Å². The van der Waals surface area contributed by atoms with Crippen LogP contribution in [0.15, 0.2) is 30.3 Å². The van der Waals surface area contributed by atoms with Crippen molar-refractivity contribution >= 4 is 5.78 Å². The number of hydrogen-bond donors (Lipinski definition) is 1. The van der Waals surface area contributed by atoms with Gasteiger partial charge in [-0.25, -0.2) is 0 Å². The maximum absolute atomic E-state index is 10.8. The van der Waals surface area contributed by atoms with Gasteiger partial charge in [-0.3, -0.25) is 4.79 Å². The van der Waals surface area contributed by atoms with Gasteiger partial charge in [0, 0.05) is 12.5 Å². The van der Waals surface area contributed by atoms with Gasteiger partial charge in [0.25, 0.3) is 0 Å². The van der Waals surface area contributed by atoms with E-state index >= 15 is 0 Å². The van der Waals surface area contributed by atoms with Gasteiger partial charge in [0.1, 0.15) is 5.78 Å². The highest BCUT2D eigenvalue weighted by molar-refractivity contribution is 5.76. The third-order valence-corrected chi connectivity index (χ3v) is 1.89. The number of hydrogen-bond acceptors (Lipinski definition) is 2. The molecule has 0 aromatic heterocycles. The van der Waals surface area contributed by atoms with E-state index in [1.807, 2.05) is 30.3 Å². The molecule has 2 heteroatoms. The molecule has 1 aromatic rings. The zero-order valence-corrected chi connectivity index (χ0v) is 7.86. The summed E-state index contributed by atoms with van der Waals surface area (Å²) in [4.78, 5) is 10.8. The monoisotopic (exact) mass is 177 g/mol. The third-order valence-electron chi connectivity index (χ3n) is 1.89. The first-order valence-electron chi connectivity index (χ1n) is 4.47. The molecule has 2 N–H and O–H groups in total. The summed E-state index contributed by atoms with van der Waals surface area (Å²) in [6.45, 7) is 1.57. The van der Waals surface area contributed by atoms with Crippen LogP contribution in [0.2, 0.25) is 0 Å². The van der Waals surface area contributed by atoms with E-state index < -0.39 is 0 Å². The van der Waals surface area contributed by atoms with Crippen LogP contribution in [0.25, 0.3) is 0 Å². The molecule has 2 nitrogen and oxygen atoms in total. The number of Topliss-reactive ketones (excluding diaryl/α,β-unsaturated/α-hetero) is 1. The van der Waals surface area contributed by atoms with E-state index in [4.69, 9.17) is 5.73 Å². The van der Waals surface area contributed by atoms with Crippen molar-refractivity contribution in [2.45, 2.75) is 25.8 Å². The topological polar surface area (TPSA) is 43.1 Å². The molecule has 0 amide bonds. The number of nitrogens with two attached hydrogens (primary N) is 1. The quantitative estimate of drug-likeness (QED) is 0.758. The minimum atomic E-state index is -0.0418. The Morgan fingerprint density at radius 2 is 2.00 bits per heavy atom. The highest BCUT2D eigenvalue weighted by Crippen LogP contribution is 2.03. The molecule has 0 radical (unpaired) electrons. The van der Waals surface area contributed by atoms with Gasteiger partial charge >= 0.3 is 0 Å². The highest BCUT2D eigenvalue weighted by atomic mass is 16.1. The predicted octanol–water partition coefficient (Wildman–Crippen LogP) is 1.54. The fourth-order valence-corrected chi connectivity index (χ4v) is 1.36. The van der Waals surface area contributed by atoms with Gasteiger partial charge in [-0.15, -0.1) is 0 Å². The van der Waals surface area contributed by atoms with E-state index in [-0.39, 0.29) is 11.8 Å². The van der Waals surface area contributed by atoms with Crippen LogP contribution in [-0.4, -0.2) is 11.8 Å². The molecule has 0 unspecified atom stereocenters. The van der Waals surface area contributed by atoms with Gasteiger partial charge in [-0.1, -0.05) is 30.3 Å². The van der Waals surface area contributed by atoms with Crippen LogP contribution < -0.4 is 5.73 Å². The summed E-state index contributed by atoms with van der Waals surface area (Å²) in [6, 6.07) is 9.95. The van der Waals surface area contributed by atoms with Crippen LogP contribution in [0.3, 0.4) is 0 Å². The lowest BCUT2D eigenvalue weighted by Crippen LogP contribution is -2.25. The molecule has 0 aliphatic heterocycles. The second kappa shape index (κ2) is 4.77. The zero-order valence-electron chi connectivity index (χ0n) is 7.86. The minimum absolute atomic E-state index is 0.0418. The van der Waals surface area contributed by atoms with Crippen molar-refractivity contribution in [3.63, 3.8) is 0 Å². The Morgan fingerprint density at radius 3 is 2.54 bits per heavy atom. The molecule has 0 saturated heterocycles. The maximum Gasteiger partial charge on any atom is 0.131 e. The number of carbonyl (C=O) groups is 1. The van der Waals surface area contributed by atoms with Crippen molar-refractivity contribution in [3.05, 3.63) is 35.9 Å². The first-order valence-corrected chi connectivity index (χ1v) is 4.47. The van der Waals surface area contributed by atoms with Crippen molar-refractivity contribution in [3.8, 4) is 0 Å². The molecule has 0 aliphatic carbocycles. The normalized spacial score (nSPS) is 12.5. The van der Waals surface area contributed by atoms with Crippen LogP contribution in [-0.2, 0) is 11.2 Å². The summed E-state index contributed by atoms with van der Waals surface area (Å²) >= 11 is 0. The van der Waals surface area contributed by atoms with E-state index in [0.29, 0.717) is 6.42 Å². The maximum atomic E-state index is 10.8. The summed E-state index contributed by atoms with van der Waals surface area (Å²) in [5.41, 5.74) is 6.98. The van der Waals surface area contributed by atoms with Gasteiger partial charge < -0.3 is 5.73 Å². The Kier molecular flexibility index (Phi) is 3.65. The third kappa shape index (κ3) is 3.85. The van der Waals surface area contributed by atoms with Gasteiger partial charge in [-0.05, 0) is 18.9 Å². The number of ketones is 1. The molecule has 70 valence electrons. The Morgan fingerprint density at radius 1 is 1.38 bits per heavy atom. The Bertz CT molecular complexity index is 269. The lowest BCUT2D eigenvalue weighted by atomic mass is 10.0. The molecule has 0 bridgehead atoms. The van der Waals surface area contributed by atoms with E-state index in [0.717, 1.165) is 6.42 Å². The van der Waals surface area contributed by atoms with E-state index in [1.165, 1.54) is 5.56 Å². The molecule has 0 heterocycles. The fourth-order valence-electron chi connectivity index (χ4n) is 1.36. The van der Waals surface area contributed by atoms with Gasteiger partial charge in [-0.2, -0.15) is 0 Å².